The lowest BCUT2D eigenvalue weighted by molar-refractivity contribution is 0.705. The molecule has 0 amide bonds. The average Bonchev–Trinajstić information content (AvgIpc) is 1.38. The Kier molecular flexibility index (Phi) is 3.20. The summed E-state index contributed by atoms with van der Waals surface area (Å²) >= 11 is 5.07. The maximum absolute atomic E-state index is 11.1. The van der Waals surface area contributed by atoms with E-state index >= 15 is 0 Å². The van der Waals surface area contributed by atoms with E-state index in [0.29, 0.717) is 0 Å². The van der Waals surface area contributed by atoms with E-state index in [4.69, 9.17) is 0 Å². The third-order valence-corrected chi connectivity index (χ3v) is 1.15. The fourth-order valence-electron chi connectivity index (χ4n) is 0. The molecule has 0 fully saturated rings. The molecule has 0 spiro atoms. The minimum Gasteiger partial charge on any atom is -0.198 e. The molecule has 0 unspecified atom stereocenters. The highest BCUT2D eigenvalue weighted by atomic mass is 79.9. The summed E-state index contributed by atoms with van der Waals surface area (Å²) < 4.78 is 10.6. The molecule has 0 aromatic carbocycles. The van der Waals surface area contributed by atoms with Crippen LogP contribution in [0.4, 0.5) is 4.39 Å². The summed E-state index contributed by atoms with van der Waals surface area (Å²) in [5.41, 5.74) is 0. The Morgan fingerprint density at radius 1 is 1.80 bits per heavy atom. The van der Waals surface area contributed by atoms with Crippen LogP contribution in [-0.4, -0.2) is 0 Å². The molecular formula is C2Br2F. The summed E-state index contributed by atoms with van der Waals surface area (Å²) in [4.78, 5) is 2.01. The average molecular weight is 203 g/mol. The van der Waals surface area contributed by atoms with E-state index in [-0.39, 0.29) is 0 Å². The first kappa shape index (κ1) is 5.63. The minimum atomic E-state index is -0.516. The topological polar surface area (TPSA) is 0 Å². The standard InChI is InChI=1S/C2Br2F/c3-1-2(4)5. The highest BCUT2D eigenvalue weighted by molar-refractivity contribution is 9.13. The van der Waals surface area contributed by atoms with Crippen molar-refractivity contribution < 1.29 is 4.39 Å². The van der Waals surface area contributed by atoms with Gasteiger partial charge in [-0.05, 0) is 31.9 Å². The zero-order valence-electron chi connectivity index (χ0n) is 2.13. The molecule has 29 valence electrons. The highest BCUT2D eigenvalue weighted by Gasteiger charge is 1.73. The molecule has 0 nitrogen and oxygen atoms in total. The quantitative estimate of drug-likeness (QED) is 0.566. The molecule has 1 radical (unpaired) electrons. The van der Waals surface area contributed by atoms with E-state index < -0.39 is 4.74 Å². The predicted octanol–water partition coefficient (Wildman–Crippen LogP) is 2.35. The first-order chi connectivity index (χ1) is 2.27. The van der Waals surface area contributed by atoms with Crippen molar-refractivity contribution in [3.63, 3.8) is 0 Å². The first-order valence-electron chi connectivity index (χ1n) is 0.817. The molecule has 5 heavy (non-hydrogen) atoms. The Balaban J connectivity index is 3.14. The van der Waals surface area contributed by atoms with Crippen LogP contribution in [0.2, 0.25) is 0 Å². The molecule has 0 rings (SSSR count). The van der Waals surface area contributed by atoms with E-state index in [1.54, 1.807) is 0 Å². The second kappa shape index (κ2) is 2.85. The van der Waals surface area contributed by atoms with Crippen LogP contribution in [-0.2, 0) is 0 Å². The van der Waals surface area contributed by atoms with Crippen LogP contribution in [0.25, 0.3) is 0 Å². The molecule has 0 aromatic rings. The van der Waals surface area contributed by atoms with Crippen molar-refractivity contribution in [3.05, 3.63) is 9.72 Å². The van der Waals surface area contributed by atoms with E-state index in [1.807, 2.05) is 4.99 Å². The molecule has 0 saturated carbocycles. The van der Waals surface area contributed by atoms with Gasteiger partial charge in [0.25, 0.3) is 0 Å². The Bertz CT molecular complexity index is 45.6. The zero-order chi connectivity index (χ0) is 4.28. The summed E-state index contributed by atoms with van der Waals surface area (Å²) in [6.07, 6.45) is 0. The van der Waals surface area contributed by atoms with Crippen molar-refractivity contribution in [2.75, 3.05) is 0 Å². The van der Waals surface area contributed by atoms with Gasteiger partial charge in [0, 0.05) is 0 Å². The fourth-order valence-corrected chi connectivity index (χ4v) is 0. The minimum absolute atomic E-state index is 0.516. The van der Waals surface area contributed by atoms with Crippen molar-refractivity contribution in [2.45, 2.75) is 0 Å². The number of rotatable bonds is 0. The largest absolute Gasteiger partial charge is 0.198 e. The first-order valence-corrected chi connectivity index (χ1v) is 2.40. The number of halogens is 3. The monoisotopic (exact) mass is 201 g/mol. The molecule has 0 N–H and O–H groups in total. The number of hydrogen-bond donors (Lipinski definition) is 0. The fraction of sp³-hybridized carbons (Fsp3) is 0. The maximum Gasteiger partial charge on any atom is 0.181 e. The van der Waals surface area contributed by atoms with Gasteiger partial charge in [0.1, 0.15) is 0 Å². The molecule has 0 atom stereocenters. The lowest BCUT2D eigenvalue weighted by atomic mass is 11.2. The van der Waals surface area contributed by atoms with Crippen LogP contribution in [0, 0.1) is 4.99 Å². The molecule has 0 aromatic heterocycles. The molecule has 0 aliphatic carbocycles. The van der Waals surface area contributed by atoms with Gasteiger partial charge in [-0.25, -0.2) is 0 Å². The highest BCUT2D eigenvalue weighted by Crippen LogP contribution is 2.05. The number of hydrogen-bond acceptors (Lipinski definition) is 0. The molecule has 0 aliphatic heterocycles. The summed E-state index contributed by atoms with van der Waals surface area (Å²) in [5, 5.41) is 0. The molecule has 3 heteroatoms. The zero-order valence-corrected chi connectivity index (χ0v) is 5.31. The second-order valence-electron chi connectivity index (χ2n) is 0.355. The third kappa shape index (κ3) is 4.63. The van der Waals surface area contributed by atoms with Crippen LogP contribution in [0.15, 0.2) is 4.74 Å². The Labute approximate surface area is 46.3 Å². The molecule has 0 bridgehead atoms. The van der Waals surface area contributed by atoms with E-state index in [1.165, 1.54) is 0 Å². The van der Waals surface area contributed by atoms with Crippen LogP contribution >= 0.6 is 31.9 Å². The third-order valence-electron chi connectivity index (χ3n) is 0.0714. The van der Waals surface area contributed by atoms with Gasteiger partial charge in [0.05, 0.1) is 4.99 Å². The maximum atomic E-state index is 11.1. The Morgan fingerprint density at radius 3 is 2.00 bits per heavy atom. The van der Waals surface area contributed by atoms with Gasteiger partial charge in [-0.15, -0.1) is 0 Å². The van der Waals surface area contributed by atoms with Crippen LogP contribution in [0.3, 0.4) is 0 Å². The van der Waals surface area contributed by atoms with Crippen LogP contribution < -0.4 is 0 Å². The molecule has 0 heterocycles. The van der Waals surface area contributed by atoms with Gasteiger partial charge in [0.15, 0.2) is 4.74 Å². The van der Waals surface area contributed by atoms with Crippen LogP contribution in [0.5, 0.6) is 0 Å². The van der Waals surface area contributed by atoms with Gasteiger partial charge < -0.3 is 0 Å². The lowest BCUT2D eigenvalue weighted by Crippen LogP contribution is -1.36. The van der Waals surface area contributed by atoms with Gasteiger partial charge in [0.2, 0.25) is 0 Å². The molecule has 0 aliphatic rings. The summed E-state index contributed by atoms with van der Waals surface area (Å²) in [6.45, 7) is 0. The van der Waals surface area contributed by atoms with Crippen molar-refractivity contribution in [1.29, 1.82) is 0 Å². The van der Waals surface area contributed by atoms with Crippen LogP contribution in [0.1, 0.15) is 0 Å². The summed E-state index contributed by atoms with van der Waals surface area (Å²) in [5.74, 6) is 0. The molecular weight excluding hydrogens is 203 g/mol. The van der Waals surface area contributed by atoms with E-state index in [9.17, 15) is 4.39 Å². The lowest BCUT2D eigenvalue weighted by Gasteiger charge is -1.62. The molecule has 0 saturated heterocycles. The SMILES string of the molecule is F/C(Br)=[C]\Br. The van der Waals surface area contributed by atoms with Crippen molar-refractivity contribution >= 4 is 31.9 Å². The van der Waals surface area contributed by atoms with Gasteiger partial charge in [-0.3, -0.25) is 0 Å². The van der Waals surface area contributed by atoms with Gasteiger partial charge >= 0.3 is 0 Å². The van der Waals surface area contributed by atoms with E-state index in [0.717, 1.165) is 0 Å². The summed E-state index contributed by atoms with van der Waals surface area (Å²) in [7, 11) is 0. The van der Waals surface area contributed by atoms with Gasteiger partial charge in [-0.1, -0.05) is 0 Å². The normalized spacial score (nSPS) is 12.2. The van der Waals surface area contributed by atoms with Gasteiger partial charge in [-0.2, -0.15) is 4.39 Å². The second-order valence-corrected chi connectivity index (χ2v) is 1.45. The smallest absolute Gasteiger partial charge is 0.181 e. The predicted molar refractivity (Wildman–Crippen MR) is 25.7 cm³/mol. The van der Waals surface area contributed by atoms with E-state index in [2.05, 4.69) is 31.9 Å². The van der Waals surface area contributed by atoms with Crippen molar-refractivity contribution in [1.82, 2.24) is 0 Å². The Hall–Kier alpha value is 0.630. The van der Waals surface area contributed by atoms with Crippen molar-refractivity contribution in [2.24, 2.45) is 0 Å². The van der Waals surface area contributed by atoms with Crippen molar-refractivity contribution in [3.8, 4) is 0 Å². The summed E-state index contributed by atoms with van der Waals surface area (Å²) in [6, 6.07) is 0. The Morgan fingerprint density at radius 2 is 2.00 bits per heavy atom.